The number of nitrogens with zero attached hydrogens (tertiary/aromatic N) is 3. The molecule has 0 radical (unpaired) electrons. The molecular weight excluding hydrogens is 725 g/mol. The Morgan fingerprint density at radius 1 is 1.04 bits per heavy atom. The summed E-state index contributed by atoms with van der Waals surface area (Å²) in [5.74, 6) is -2.55. The number of amides is 1. The van der Waals surface area contributed by atoms with Crippen LogP contribution in [0.25, 0.3) is 11.2 Å². The van der Waals surface area contributed by atoms with Crippen LogP contribution in [-0.2, 0) is 39.0 Å². The number of para-hydroxylation sites is 1. The number of hydrogen-bond donors (Lipinski definition) is 5. The number of phosphoric ester groups is 1. The van der Waals surface area contributed by atoms with E-state index in [4.69, 9.17) is 25.3 Å². The lowest BCUT2D eigenvalue weighted by molar-refractivity contribution is -0.137. The predicted molar refractivity (Wildman–Crippen MR) is 195 cm³/mol. The first-order chi connectivity index (χ1) is 25.9. The molecule has 19 heteroatoms. The molecule has 0 aliphatic heterocycles. The number of hydrogen-bond acceptors (Lipinski definition) is 15. The number of rotatable bonds is 21. The van der Waals surface area contributed by atoms with Crippen molar-refractivity contribution in [2.24, 2.45) is 0 Å². The zero-order valence-corrected chi connectivity index (χ0v) is 30.2. The van der Waals surface area contributed by atoms with Crippen LogP contribution in [0.15, 0.2) is 59.5 Å². The molecule has 54 heavy (non-hydrogen) atoms. The number of carboxylic acids is 1. The van der Waals surface area contributed by atoms with Crippen molar-refractivity contribution in [3.8, 4) is 12.5 Å². The number of ether oxygens (including phenoxy) is 1. The smallest absolute Gasteiger partial charge is 0.481 e. The molecule has 284 valence electrons. The van der Waals surface area contributed by atoms with Crippen LogP contribution in [0.2, 0.25) is 0 Å². The van der Waals surface area contributed by atoms with E-state index < -0.39 is 37.3 Å². The lowest BCUT2D eigenvalue weighted by atomic mass is 10.1. The second-order valence-electron chi connectivity index (χ2n) is 11.4. The number of terminal acetylenes is 1. The summed E-state index contributed by atoms with van der Waals surface area (Å²) in [7, 11) is -3.85. The molecule has 1 unspecified atom stereocenters. The first kappa shape index (κ1) is 40.6. The molecule has 0 aliphatic rings. The number of phosphoric acid groups is 1. The van der Waals surface area contributed by atoms with Crippen molar-refractivity contribution in [1.82, 2.24) is 25.3 Å². The molecule has 0 fully saturated rings. The van der Waals surface area contributed by atoms with Gasteiger partial charge < -0.3 is 35.3 Å². The molecule has 4 aromatic rings. The summed E-state index contributed by atoms with van der Waals surface area (Å²) in [6.07, 6.45) is 8.76. The van der Waals surface area contributed by atoms with E-state index in [9.17, 15) is 28.5 Å². The highest BCUT2D eigenvalue weighted by Crippen LogP contribution is 2.49. The molecule has 5 N–H and O–H groups in total. The first-order valence-electron chi connectivity index (χ1n) is 16.6. The summed E-state index contributed by atoms with van der Waals surface area (Å²) in [6.45, 7) is 3.18. The number of aromatic amines is 1. The summed E-state index contributed by atoms with van der Waals surface area (Å²) in [4.78, 5) is 76.8. The average Bonchev–Trinajstić information content (AvgIpc) is 3.14. The molecule has 2 aromatic heterocycles. The summed E-state index contributed by atoms with van der Waals surface area (Å²) < 4.78 is 32.3. The van der Waals surface area contributed by atoms with E-state index in [1.54, 1.807) is 61.6 Å². The van der Waals surface area contributed by atoms with Gasteiger partial charge in [0.25, 0.3) is 5.91 Å². The zero-order chi connectivity index (χ0) is 39.1. The number of carbonyl (C=O) groups excluding carboxylic acids is 3. The maximum atomic E-state index is 13.0. The number of nitrogens with one attached hydrogen (secondary N) is 4. The number of carboxylic acid groups (broad SMARTS) is 1. The van der Waals surface area contributed by atoms with Crippen molar-refractivity contribution >= 4 is 59.9 Å². The summed E-state index contributed by atoms with van der Waals surface area (Å²) in [6, 6.07) is 11.9. The van der Waals surface area contributed by atoms with Gasteiger partial charge in [0, 0.05) is 17.7 Å². The van der Waals surface area contributed by atoms with Gasteiger partial charge in [0.15, 0.2) is 16.9 Å². The van der Waals surface area contributed by atoms with Gasteiger partial charge in [-0.3, -0.25) is 28.2 Å². The maximum absolute atomic E-state index is 13.0. The molecule has 0 saturated heterocycles. The van der Waals surface area contributed by atoms with Gasteiger partial charge in [0.1, 0.15) is 6.11 Å². The number of ketones is 1. The fraction of sp³-hybridized carbons (Fsp3) is 0.314. The third kappa shape index (κ3) is 12.0. The summed E-state index contributed by atoms with van der Waals surface area (Å²) in [5, 5.41) is 17.5. The fourth-order valence-electron chi connectivity index (χ4n) is 4.76. The fourth-order valence-corrected chi connectivity index (χ4v) is 5.74. The van der Waals surface area contributed by atoms with E-state index in [2.05, 4.69) is 40.4 Å². The van der Waals surface area contributed by atoms with Crippen molar-refractivity contribution in [1.29, 1.82) is 0 Å². The van der Waals surface area contributed by atoms with Gasteiger partial charge in [-0.1, -0.05) is 18.6 Å². The van der Waals surface area contributed by atoms with E-state index in [0.29, 0.717) is 29.9 Å². The van der Waals surface area contributed by atoms with Crippen LogP contribution >= 0.6 is 7.82 Å². The summed E-state index contributed by atoms with van der Waals surface area (Å²) >= 11 is 0. The number of anilines is 3. The Balaban J connectivity index is 1.32. The van der Waals surface area contributed by atoms with Crippen LogP contribution in [0.3, 0.4) is 0 Å². The zero-order valence-electron chi connectivity index (χ0n) is 29.3. The number of Topliss-reactive ketones (excluding diaryl/α,β-unsaturated/α-hetero) is 1. The van der Waals surface area contributed by atoms with Crippen LogP contribution in [-0.4, -0.2) is 74.5 Å². The van der Waals surface area contributed by atoms with E-state index in [0.717, 1.165) is 0 Å². The number of H-pyrrole nitrogens is 1. The molecule has 2 atom stereocenters. The first-order valence-corrected chi connectivity index (χ1v) is 18.1. The maximum Gasteiger partial charge on any atom is 0.538 e. The Morgan fingerprint density at radius 2 is 1.78 bits per heavy atom. The molecule has 2 aromatic carbocycles. The summed E-state index contributed by atoms with van der Waals surface area (Å²) in [5.41, 5.74) is 1.26. The van der Waals surface area contributed by atoms with Crippen molar-refractivity contribution in [2.45, 2.75) is 52.1 Å². The minimum absolute atomic E-state index is 0.00239. The van der Waals surface area contributed by atoms with E-state index in [-0.39, 0.29) is 73.2 Å². The van der Waals surface area contributed by atoms with Crippen LogP contribution in [0.1, 0.15) is 65.9 Å². The lowest BCUT2D eigenvalue weighted by Crippen LogP contribution is -2.40. The van der Waals surface area contributed by atoms with Crippen molar-refractivity contribution in [2.75, 3.05) is 30.5 Å². The third-order valence-corrected chi connectivity index (χ3v) is 8.81. The SMILES string of the molecule is C#COP(=O)(OCC)OCCCCOC(=O)c1ccccc1Nc1nc(=O)c2nc(CNc3ccc(C(=O)N[C@@H](CCC(=O)O)C(C)=O)cc3)cnc2[nH]1. The minimum atomic E-state index is -3.85. The van der Waals surface area contributed by atoms with Crippen molar-refractivity contribution < 1.29 is 47.2 Å². The van der Waals surface area contributed by atoms with Gasteiger partial charge in [-0.25, -0.2) is 19.3 Å². The number of unbranched alkanes of at least 4 members (excludes halogenated alkanes) is 1. The molecule has 0 bridgehead atoms. The van der Waals surface area contributed by atoms with E-state index >= 15 is 0 Å². The second-order valence-corrected chi connectivity index (χ2v) is 13.0. The molecule has 2 heterocycles. The Morgan fingerprint density at radius 3 is 2.48 bits per heavy atom. The Hall–Kier alpha value is -6.15. The van der Waals surface area contributed by atoms with Gasteiger partial charge in [0.05, 0.1) is 55.5 Å². The van der Waals surface area contributed by atoms with Crippen LogP contribution in [0.5, 0.6) is 0 Å². The highest BCUT2D eigenvalue weighted by atomic mass is 31.2. The lowest BCUT2D eigenvalue weighted by Gasteiger charge is -2.15. The van der Waals surface area contributed by atoms with Gasteiger partial charge in [0.2, 0.25) is 5.95 Å². The number of esters is 1. The quantitative estimate of drug-likeness (QED) is 0.0343. The second kappa shape index (κ2) is 19.6. The number of carbonyl (C=O) groups is 4. The monoisotopic (exact) mass is 763 g/mol. The number of benzene rings is 2. The third-order valence-electron chi connectivity index (χ3n) is 7.41. The molecule has 0 spiro atoms. The minimum Gasteiger partial charge on any atom is -0.481 e. The van der Waals surface area contributed by atoms with Gasteiger partial charge in [-0.05, 0) is 69.5 Å². The molecule has 0 saturated carbocycles. The topological polar surface area (TPSA) is 250 Å². The Labute approximate surface area is 309 Å². The average molecular weight is 764 g/mol. The van der Waals surface area contributed by atoms with Crippen LogP contribution in [0, 0.1) is 12.5 Å². The van der Waals surface area contributed by atoms with Crippen molar-refractivity contribution in [3.63, 3.8) is 0 Å². The van der Waals surface area contributed by atoms with Crippen LogP contribution < -0.4 is 21.5 Å². The number of fused-ring (bicyclic) bond motifs is 1. The van der Waals surface area contributed by atoms with Gasteiger partial charge >= 0.3 is 25.3 Å². The Bertz CT molecular complexity index is 2120. The largest absolute Gasteiger partial charge is 0.538 e. The van der Waals surface area contributed by atoms with Crippen LogP contribution in [0.4, 0.5) is 17.3 Å². The molecule has 1 amide bonds. The van der Waals surface area contributed by atoms with Crippen molar-refractivity contribution in [3.05, 3.63) is 81.9 Å². The number of aromatic nitrogens is 4. The highest BCUT2D eigenvalue weighted by molar-refractivity contribution is 7.48. The molecular formula is C35H38N7O11P. The van der Waals surface area contributed by atoms with E-state index in [1.165, 1.54) is 13.1 Å². The van der Waals surface area contributed by atoms with Gasteiger partial charge in [-0.2, -0.15) is 4.98 Å². The molecule has 4 rings (SSSR count). The molecule has 0 aliphatic carbocycles. The Kier molecular flexibility index (Phi) is 14.8. The highest BCUT2D eigenvalue weighted by Gasteiger charge is 2.26. The molecule has 18 nitrogen and oxygen atoms in total. The normalized spacial score (nSPS) is 12.5. The predicted octanol–water partition coefficient (Wildman–Crippen LogP) is 4.33. The standard InChI is InChI=1S/C35H38N7O11P/c1-4-51-54(49,52-5-2)53-19-9-8-18-50-34(48)26-10-6-7-11-28(26)40-35-41-31-30(33(47)42-35)38-25(21-37-31)20-36-24-14-12-23(13-15-24)32(46)39-27(22(3)43)16-17-29(44)45/h1,6-7,10-15,21,27,36H,5,8-9,16-20H2,2-3H3,(H,39,46)(H,44,45)(H2,37,40,41,42,47)/t27-,54?/m0/s1. The van der Waals surface area contributed by atoms with E-state index in [1.807, 2.05) is 0 Å². The van der Waals surface area contributed by atoms with Gasteiger partial charge in [-0.15, -0.1) is 0 Å². The number of aliphatic carboxylic acids is 1.